The summed E-state index contributed by atoms with van der Waals surface area (Å²) >= 11 is 1.60. The van der Waals surface area contributed by atoms with Crippen molar-refractivity contribution in [1.29, 1.82) is 0 Å². The third kappa shape index (κ3) is 1.89. The number of aliphatic hydroxyl groups is 1. The maximum absolute atomic E-state index is 11.5. The van der Waals surface area contributed by atoms with Crippen LogP contribution in [-0.4, -0.2) is 35.1 Å². The Morgan fingerprint density at radius 1 is 1.69 bits per heavy atom. The number of nitrogens with zero attached hydrogens (tertiary/aromatic N) is 1. The molecule has 0 spiro atoms. The summed E-state index contributed by atoms with van der Waals surface area (Å²) < 4.78 is 0. The van der Waals surface area contributed by atoms with Gasteiger partial charge in [-0.2, -0.15) is 11.3 Å². The van der Waals surface area contributed by atoms with E-state index in [-0.39, 0.29) is 12.0 Å². The van der Waals surface area contributed by atoms with Crippen molar-refractivity contribution in [3.63, 3.8) is 0 Å². The first-order valence-corrected chi connectivity index (χ1v) is 5.17. The van der Waals surface area contributed by atoms with Crippen LogP contribution in [0, 0.1) is 0 Å². The van der Waals surface area contributed by atoms with Crippen molar-refractivity contribution in [3.05, 3.63) is 22.4 Å². The Balaban J connectivity index is 1.86. The molecular formula is C9H11NO2S. The van der Waals surface area contributed by atoms with Gasteiger partial charge in [0.25, 0.3) is 0 Å². The van der Waals surface area contributed by atoms with Gasteiger partial charge in [-0.15, -0.1) is 0 Å². The standard InChI is InChI=1S/C9H11NO2S/c11-8-4-10(5-8)9(12)3-7-1-2-13-6-7/h1-2,6,8,11H,3-5H2. The predicted octanol–water partition coefficient (Wildman–Crippen LogP) is 0.494. The summed E-state index contributed by atoms with van der Waals surface area (Å²) in [6.07, 6.45) is 0.169. The van der Waals surface area contributed by atoms with Crippen molar-refractivity contribution in [1.82, 2.24) is 4.90 Å². The number of aliphatic hydroxyl groups excluding tert-OH is 1. The lowest BCUT2D eigenvalue weighted by molar-refractivity contribution is -0.140. The Bertz CT molecular complexity index is 291. The zero-order valence-corrected chi connectivity index (χ0v) is 7.96. The van der Waals surface area contributed by atoms with E-state index in [1.807, 2.05) is 16.8 Å². The number of carbonyl (C=O) groups is 1. The summed E-state index contributed by atoms with van der Waals surface area (Å²) in [6.45, 7) is 1.01. The van der Waals surface area contributed by atoms with Crippen molar-refractivity contribution in [2.45, 2.75) is 12.5 Å². The number of thiophene rings is 1. The van der Waals surface area contributed by atoms with E-state index in [0.717, 1.165) is 5.56 Å². The van der Waals surface area contributed by atoms with Crippen molar-refractivity contribution in [2.75, 3.05) is 13.1 Å². The van der Waals surface area contributed by atoms with Crippen LogP contribution in [0.1, 0.15) is 5.56 Å². The van der Waals surface area contributed by atoms with Crippen LogP contribution in [0.4, 0.5) is 0 Å². The lowest BCUT2D eigenvalue weighted by Crippen LogP contribution is -2.53. The van der Waals surface area contributed by atoms with E-state index in [0.29, 0.717) is 19.5 Å². The van der Waals surface area contributed by atoms with Gasteiger partial charge >= 0.3 is 0 Å². The maximum atomic E-state index is 11.5. The van der Waals surface area contributed by atoms with Gasteiger partial charge in [-0.05, 0) is 22.4 Å². The first kappa shape index (κ1) is 8.72. The minimum absolute atomic E-state index is 0.115. The van der Waals surface area contributed by atoms with Crippen LogP contribution >= 0.6 is 11.3 Å². The molecule has 0 saturated carbocycles. The highest BCUT2D eigenvalue weighted by atomic mass is 32.1. The SMILES string of the molecule is O=C(Cc1ccsc1)N1CC(O)C1. The molecule has 1 aliphatic rings. The van der Waals surface area contributed by atoms with Crippen LogP contribution in [0.5, 0.6) is 0 Å². The normalized spacial score (nSPS) is 17.2. The van der Waals surface area contributed by atoms with Crippen LogP contribution in [0.25, 0.3) is 0 Å². The summed E-state index contributed by atoms with van der Waals surface area (Å²) in [7, 11) is 0. The van der Waals surface area contributed by atoms with Crippen molar-refractivity contribution in [3.8, 4) is 0 Å². The van der Waals surface area contributed by atoms with Crippen LogP contribution in [0.3, 0.4) is 0 Å². The Morgan fingerprint density at radius 3 is 3.00 bits per heavy atom. The quantitative estimate of drug-likeness (QED) is 0.749. The van der Waals surface area contributed by atoms with E-state index in [4.69, 9.17) is 5.11 Å². The van der Waals surface area contributed by atoms with E-state index in [1.165, 1.54) is 0 Å². The first-order chi connectivity index (χ1) is 6.25. The number of hydrogen-bond acceptors (Lipinski definition) is 3. The molecule has 1 amide bonds. The first-order valence-electron chi connectivity index (χ1n) is 4.22. The number of amides is 1. The van der Waals surface area contributed by atoms with E-state index in [1.54, 1.807) is 16.2 Å². The molecule has 13 heavy (non-hydrogen) atoms. The van der Waals surface area contributed by atoms with Gasteiger partial charge in [0.1, 0.15) is 0 Å². The summed E-state index contributed by atoms with van der Waals surface area (Å²) in [5.41, 5.74) is 1.07. The highest BCUT2D eigenvalue weighted by Gasteiger charge is 2.28. The Hall–Kier alpha value is -0.870. The van der Waals surface area contributed by atoms with Gasteiger partial charge in [0.2, 0.25) is 5.91 Å². The van der Waals surface area contributed by atoms with E-state index >= 15 is 0 Å². The monoisotopic (exact) mass is 197 g/mol. The van der Waals surface area contributed by atoms with Crippen LogP contribution in [-0.2, 0) is 11.2 Å². The molecule has 0 bridgehead atoms. The zero-order valence-electron chi connectivity index (χ0n) is 7.14. The fourth-order valence-electron chi connectivity index (χ4n) is 1.34. The van der Waals surface area contributed by atoms with Crippen LogP contribution in [0.2, 0.25) is 0 Å². The molecule has 1 aromatic heterocycles. The van der Waals surface area contributed by atoms with E-state index < -0.39 is 0 Å². The summed E-state index contributed by atoms with van der Waals surface area (Å²) in [5, 5.41) is 12.9. The van der Waals surface area contributed by atoms with Gasteiger partial charge in [0.05, 0.1) is 12.5 Å². The zero-order chi connectivity index (χ0) is 9.26. The molecule has 4 heteroatoms. The Morgan fingerprint density at radius 2 is 2.46 bits per heavy atom. The molecule has 1 N–H and O–H groups in total. The lowest BCUT2D eigenvalue weighted by Gasteiger charge is -2.35. The molecule has 2 rings (SSSR count). The second-order valence-electron chi connectivity index (χ2n) is 3.26. The largest absolute Gasteiger partial charge is 0.389 e. The third-order valence-electron chi connectivity index (χ3n) is 2.15. The number of carbonyl (C=O) groups excluding carboxylic acids is 1. The van der Waals surface area contributed by atoms with Crippen molar-refractivity contribution < 1.29 is 9.90 Å². The topological polar surface area (TPSA) is 40.5 Å². The Kier molecular flexibility index (Phi) is 2.33. The fourth-order valence-corrected chi connectivity index (χ4v) is 2.01. The van der Waals surface area contributed by atoms with Gasteiger partial charge in [-0.3, -0.25) is 4.79 Å². The molecular weight excluding hydrogens is 186 g/mol. The number of hydrogen-bond donors (Lipinski definition) is 1. The minimum Gasteiger partial charge on any atom is -0.389 e. The molecule has 1 fully saturated rings. The smallest absolute Gasteiger partial charge is 0.227 e. The molecule has 0 unspecified atom stereocenters. The molecule has 1 aromatic rings. The van der Waals surface area contributed by atoms with E-state index in [9.17, 15) is 4.79 Å². The predicted molar refractivity (Wildman–Crippen MR) is 50.6 cm³/mol. The Labute approximate surface area is 80.6 Å². The van der Waals surface area contributed by atoms with Gasteiger partial charge < -0.3 is 10.0 Å². The molecule has 2 heterocycles. The average molecular weight is 197 g/mol. The van der Waals surface area contributed by atoms with Crippen molar-refractivity contribution >= 4 is 17.2 Å². The van der Waals surface area contributed by atoms with Gasteiger partial charge in [0.15, 0.2) is 0 Å². The van der Waals surface area contributed by atoms with Gasteiger partial charge in [-0.25, -0.2) is 0 Å². The number of β-amino-alcohol motifs (C(OH)–C–C–N with tert-alkyl or cyclic N) is 1. The highest BCUT2D eigenvalue weighted by Crippen LogP contribution is 2.12. The van der Waals surface area contributed by atoms with Crippen molar-refractivity contribution in [2.24, 2.45) is 0 Å². The lowest BCUT2D eigenvalue weighted by atomic mass is 10.1. The van der Waals surface area contributed by atoms with Crippen LogP contribution in [0.15, 0.2) is 16.8 Å². The second-order valence-corrected chi connectivity index (χ2v) is 4.04. The summed E-state index contributed by atoms with van der Waals surface area (Å²) in [4.78, 5) is 13.1. The van der Waals surface area contributed by atoms with E-state index in [2.05, 4.69) is 0 Å². The second kappa shape index (κ2) is 3.47. The molecule has 0 aliphatic carbocycles. The molecule has 0 aromatic carbocycles. The summed E-state index contributed by atoms with van der Waals surface area (Å²) in [5.74, 6) is 0.115. The molecule has 1 saturated heterocycles. The minimum atomic E-state index is -0.300. The molecule has 70 valence electrons. The highest BCUT2D eigenvalue weighted by molar-refractivity contribution is 7.07. The molecule has 1 aliphatic heterocycles. The van der Waals surface area contributed by atoms with Gasteiger partial charge in [0, 0.05) is 13.1 Å². The third-order valence-corrected chi connectivity index (χ3v) is 2.88. The molecule has 3 nitrogen and oxygen atoms in total. The van der Waals surface area contributed by atoms with Gasteiger partial charge in [-0.1, -0.05) is 0 Å². The average Bonchev–Trinajstić information content (AvgIpc) is 2.51. The number of likely N-dealkylation sites (tertiary alicyclic amines) is 1. The molecule has 0 radical (unpaired) electrons. The van der Waals surface area contributed by atoms with Crippen LogP contribution < -0.4 is 0 Å². The fraction of sp³-hybridized carbons (Fsp3) is 0.444. The number of rotatable bonds is 2. The molecule has 0 atom stereocenters. The summed E-state index contributed by atoms with van der Waals surface area (Å²) in [6, 6.07) is 1.96. The maximum Gasteiger partial charge on any atom is 0.227 e.